The zero-order chi connectivity index (χ0) is 15.1. The first-order valence-corrected chi connectivity index (χ1v) is 7.43. The van der Waals surface area contributed by atoms with Gasteiger partial charge in [-0.05, 0) is 42.9 Å². The second-order valence-electron chi connectivity index (χ2n) is 6.93. The number of esters is 1. The Hall–Kier alpha value is -0.870. The molecule has 2 aliphatic carbocycles. The summed E-state index contributed by atoms with van der Waals surface area (Å²) in [5.41, 5.74) is -0.522. The molecular weight excluding hydrogens is 256 g/mol. The Kier molecular flexibility index (Phi) is 4.00. The van der Waals surface area contributed by atoms with Gasteiger partial charge in [-0.15, -0.1) is 0 Å². The van der Waals surface area contributed by atoms with Gasteiger partial charge < -0.3 is 14.9 Å². The predicted octanol–water partition coefficient (Wildman–Crippen LogP) is 2.04. The molecular formula is C16H26O4. The van der Waals surface area contributed by atoms with Crippen molar-refractivity contribution in [3.8, 4) is 0 Å². The van der Waals surface area contributed by atoms with E-state index in [1.54, 1.807) is 0 Å². The first-order chi connectivity index (χ1) is 9.25. The SMILES string of the molecule is COC(=O)C1=CC[C@]2(C)C[C@@H](O)[C@](O)(C(C)C)[C@H]2CC1. The van der Waals surface area contributed by atoms with Gasteiger partial charge in [-0.1, -0.05) is 26.8 Å². The van der Waals surface area contributed by atoms with E-state index < -0.39 is 11.7 Å². The summed E-state index contributed by atoms with van der Waals surface area (Å²) in [5.74, 6) is -0.283. The molecule has 0 aromatic carbocycles. The number of fused-ring (bicyclic) bond motifs is 1. The van der Waals surface area contributed by atoms with Crippen molar-refractivity contribution < 1.29 is 19.7 Å². The van der Waals surface area contributed by atoms with Crippen molar-refractivity contribution in [2.45, 2.75) is 58.2 Å². The number of hydrogen-bond donors (Lipinski definition) is 2. The summed E-state index contributed by atoms with van der Waals surface area (Å²) in [5, 5.41) is 21.4. The maximum atomic E-state index is 11.7. The Morgan fingerprint density at radius 1 is 1.50 bits per heavy atom. The molecule has 114 valence electrons. The fourth-order valence-corrected chi connectivity index (χ4v) is 4.21. The monoisotopic (exact) mass is 282 g/mol. The van der Waals surface area contributed by atoms with Crippen molar-refractivity contribution >= 4 is 5.97 Å². The van der Waals surface area contributed by atoms with E-state index in [1.165, 1.54) is 7.11 Å². The van der Waals surface area contributed by atoms with E-state index in [-0.39, 0.29) is 23.2 Å². The number of ether oxygens (including phenoxy) is 1. The average Bonchev–Trinajstić information content (AvgIpc) is 2.52. The third-order valence-corrected chi connectivity index (χ3v) is 5.48. The molecule has 0 unspecified atom stereocenters. The van der Waals surface area contributed by atoms with Crippen LogP contribution in [0.15, 0.2) is 11.6 Å². The van der Waals surface area contributed by atoms with E-state index in [0.717, 1.165) is 0 Å². The topological polar surface area (TPSA) is 66.8 Å². The van der Waals surface area contributed by atoms with Gasteiger partial charge in [0.15, 0.2) is 0 Å². The van der Waals surface area contributed by atoms with Crippen LogP contribution < -0.4 is 0 Å². The van der Waals surface area contributed by atoms with Gasteiger partial charge in [0, 0.05) is 5.57 Å². The van der Waals surface area contributed by atoms with Crippen LogP contribution in [0.2, 0.25) is 0 Å². The van der Waals surface area contributed by atoms with E-state index in [4.69, 9.17) is 4.74 Å². The number of methoxy groups -OCH3 is 1. The lowest BCUT2D eigenvalue weighted by molar-refractivity contribution is -0.136. The quantitative estimate of drug-likeness (QED) is 0.761. The van der Waals surface area contributed by atoms with Crippen LogP contribution in [-0.4, -0.2) is 35.0 Å². The lowest BCUT2D eigenvalue weighted by Gasteiger charge is -2.40. The van der Waals surface area contributed by atoms with Gasteiger partial charge in [0.1, 0.15) is 0 Å². The van der Waals surface area contributed by atoms with Gasteiger partial charge in [-0.2, -0.15) is 0 Å². The second-order valence-corrected chi connectivity index (χ2v) is 6.93. The fraction of sp³-hybridized carbons (Fsp3) is 0.812. The number of carbonyl (C=O) groups excluding carboxylic acids is 1. The van der Waals surface area contributed by atoms with Crippen LogP contribution in [0.5, 0.6) is 0 Å². The van der Waals surface area contributed by atoms with Crippen molar-refractivity contribution in [2.24, 2.45) is 17.3 Å². The normalized spacial score (nSPS) is 41.0. The van der Waals surface area contributed by atoms with Crippen LogP contribution in [0.4, 0.5) is 0 Å². The van der Waals surface area contributed by atoms with E-state index in [9.17, 15) is 15.0 Å². The Labute approximate surface area is 120 Å². The summed E-state index contributed by atoms with van der Waals surface area (Å²) in [7, 11) is 1.39. The summed E-state index contributed by atoms with van der Waals surface area (Å²) in [4.78, 5) is 11.7. The lowest BCUT2D eigenvalue weighted by Crippen LogP contribution is -2.49. The minimum atomic E-state index is -1.06. The first kappa shape index (κ1) is 15.5. The molecule has 2 N–H and O–H groups in total. The van der Waals surface area contributed by atoms with Gasteiger partial charge in [0.2, 0.25) is 0 Å². The third-order valence-electron chi connectivity index (χ3n) is 5.48. The summed E-state index contributed by atoms with van der Waals surface area (Å²) in [6.45, 7) is 6.01. The molecule has 1 fully saturated rings. The molecule has 1 saturated carbocycles. The van der Waals surface area contributed by atoms with Crippen LogP contribution in [0.1, 0.15) is 46.5 Å². The van der Waals surface area contributed by atoms with Crippen LogP contribution in [0.3, 0.4) is 0 Å². The maximum absolute atomic E-state index is 11.7. The molecule has 4 atom stereocenters. The Bertz CT molecular complexity index is 428. The molecule has 0 spiro atoms. The summed E-state index contributed by atoms with van der Waals surface area (Å²) < 4.78 is 4.80. The molecule has 0 saturated heterocycles. The van der Waals surface area contributed by atoms with Crippen molar-refractivity contribution in [3.63, 3.8) is 0 Å². The molecule has 0 aromatic heterocycles. The summed E-state index contributed by atoms with van der Waals surface area (Å²) in [6.07, 6.45) is 3.85. The van der Waals surface area contributed by atoms with Crippen LogP contribution >= 0.6 is 0 Å². The van der Waals surface area contributed by atoms with Crippen molar-refractivity contribution in [1.82, 2.24) is 0 Å². The van der Waals surface area contributed by atoms with Crippen LogP contribution in [-0.2, 0) is 9.53 Å². The zero-order valence-electron chi connectivity index (χ0n) is 12.8. The summed E-state index contributed by atoms with van der Waals surface area (Å²) in [6, 6.07) is 0. The van der Waals surface area contributed by atoms with Crippen LogP contribution in [0.25, 0.3) is 0 Å². The lowest BCUT2D eigenvalue weighted by atomic mass is 9.69. The predicted molar refractivity (Wildman–Crippen MR) is 76.0 cm³/mol. The molecule has 0 radical (unpaired) electrons. The Morgan fingerprint density at radius 2 is 2.15 bits per heavy atom. The largest absolute Gasteiger partial charge is 0.466 e. The molecule has 2 rings (SSSR count). The highest BCUT2D eigenvalue weighted by molar-refractivity contribution is 5.88. The van der Waals surface area contributed by atoms with E-state index in [0.29, 0.717) is 31.3 Å². The fourth-order valence-electron chi connectivity index (χ4n) is 4.21. The summed E-state index contributed by atoms with van der Waals surface area (Å²) >= 11 is 0. The number of hydrogen-bond acceptors (Lipinski definition) is 4. The molecule has 0 bridgehead atoms. The Balaban J connectivity index is 2.31. The van der Waals surface area contributed by atoms with Crippen molar-refractivity contribution in [2.75, 3.05) is 7.11 Å². The first-order valence-electron chi connectivity index (χ1n) is 7.43. The van der Waals surface area contributed by atoms with Gasteiger partial charge >= 0.3 is 5.97 Å². The maximum Gasteiger partial charge on any atom is 0.333 e. The van der Waals surface area contributed by atoms with Crippen LogP contribution in [0, 0.1) is 17.3 Å². The molecule has 20 heavy (non-hydrogen) atoms. The highest BCUT2D eigenvalue weighted by Gasteiger charge is 2.60. The molecule has 0 heterocycles. The van der Waals surface area contributed by atoms with E-state index in [2.05, 4.69) is 6.92 Å². The zero-order valence-corrected chi connectivity index (χ0v) is 12.8. The molecule has 0 aliphatic heterocycles. The molecule has 0 aromatic rings. The number of rotatable bonds is 2. The molecule has 0 amide bonds. The number of aliphatic hydroxyl groups excluding tert-OH is 1. The third kappa shape index (κ3) is 2.19. The standard InChI is InChI=1S/C16H26O4/c1-10(2)16(19)12-6-5-11(14(18)20-4)7-8-15(12,3)9-13(16)17/h7,10,12-13,17,19H,5-6,8-9H2,1-4H3/t12-,13+,15+,16-/m0/s1. The molecule has 4 nitrogen and oxygen atoms in total. The number of allylic oxidation sites excluding steroid dienone is 1. The highest BCUT2D eigenvalue weighted by Crippen LogP contribution is 2.57. The van der Waals surface area contributed by atoms with Crippen molar-refractivity contribution in [3.05, 3.63) is 11.6 Å². The van der Waals surface area contributed by atoms with Gasteiger partial charge in [-0.3, -0.25) is 0 Å². The number of aliphatic hydroxyl groups is 2. The number of carbonyl (C=O) groups is 1. The van der Waals surface area contributed by atoms with E-state index in [1.807, 2.05) is 19.9 Å². The van der Waals surface area contributed by atoms with E-state index >= 15 is 0 Å². The van der Waals surface area contributed by atoms with Crippen molar-refractivity contribution in [1.29, 1.82) is 0 Å². The van der Waals surface area contributed by atoms with Gasteiger partial charge in [0.25, 0.3) is 0 Å². The van der Waals surface area contributed by atoms with Gasteiger partial charge in [0.05, 0.1) is 18.8 Å². The second kappa shape index (κ2) is 5.15. The smallest absolute Gasteiger partial charge is 0.333 e. The highest BCUT2D eigenvalue weighted by atomic mass is 16.5. The minimum Gasteiger partial charge on any atom is -0.466 e. The minimum absolute atomic E-state index is 0.00315. The Morgan fingerprint density at radius 3 is 2.70 bits per heavy atom. The average molecular weight is 282 g/mol. The van der Waals surface area contributed by atoms with Gasteiger partial charge in [-0.25, -0.2) is 4.79 Å². The molecule has 2 aliphatic rings. The molecule has 4 heteroatoms.